The van der Waals surface area contributed by atoms with Crippen molar-refractivity contribution in [3.8, 4) is 5.75 Å². The van der Waals surface area contributed by atoms with Gasteiger partial charge in [-0.3, -0.25) is 4.79 Å². The first-order valence-electron chi connectivity index (χ1n) is 12.0. The van der Waals surface area contributed by atoms with Crippen molar-refractivity contribution < 1.29 is 14.3 Å². The lowest BCUT2D eigenvalue weighted by Crippen LogP contribution is -2.50. The van der Waals surface area contributed by atoms with Crippen LogP contribution in [0.2, 0.25) is 0 Å². The maximum absolute atomic E-state index is 13.5. The molecule has 3 amide bonds. The van der Waals surface area contributed by atoms with Crippen LogP contribution in [0.4, 0.5) is 10.5 Å². The second-order valence-corrected chi connectivity index (χ2v) is 9.33. The number of ether oxygens (including phenoxy) is 1. The lowest BCUT2D eigenvalue weighted by atomic mass is 9.94. The van der Waals surface area contributed by atoms with Crippen LogP contribution < -0.4 is 10.1 Å². The van der Waals surface area contributed by atoms with Crippen molar-refractivity contribution in [2.75, 3.05) is 25.5 Å². The third kappa shape index (κ3) is 6.76. The number of aromatic nitrogens is 1. The first-order chi connectivity index (χ1) is 15.9. The van der Waals surface area contributed by atoms with Gasteiger partial charge in [-0.05, 0) is 43.0 Å². The summed E-state index contributed by atoms with van der Waals surface area (Å²) in [5, 5.41) is 2.99. The number of methoxy groups -OCH3 is 1. The van der Waals surface area contributed by atoms with E-state index in [2.05, 4.69) is 19.2 Å². The van der Waals surface area contributed by atoms with Crippen LogP contribution in [0.5, 0.6) is 5.75 Å². The summed E-state index contributed by atoms with van der Waals surface area (Å²) < 4.78 is 7.43. The quantitative estimate of drug-likeness (QED) is 0.587. The smallest absolute Gasteiger partial charge is 0.322 e. The molecule has 2 aromatic rings. The van der Waals surface area contributed by atoms with Gasteiger partial charge in [-0.1, -0.05) is 45.2 Å². The molecule has 1 aromatic carbocycles. The number of anilines is 1. The van der Waals surface area contributed by atoms with Crippen LogP contribution in [0.15, 0.2) is 42.6 Å². The molecule has 1 heterocycles. The Morgan fingerprint density at radius 1 is 1.12 bits per heavy atom. The highest BCUT2D eigenvalue weighted by Gasteiger charge is 2.30. The average molecular weight is 455 g/mol. The van der Waals surface area contributed by atoms with E-state index in [0.717, 1.165) is 31.4 Å². The van der Waals surface area contributed by atoms with Gasteiger partial charge in [0.25, 0.3) is 0 Å². The predicted molar refractivity (Wildman–Crippen MR) is 131 cm³/mol. The molecule has 1 aliphatic carbocycles. The number of aryl methyl sites for hydroxylation is 1. The van der Waals surface area contributed by atoms with Crippen LogP contribution in [0.1, 0.15) is 51.6 Å². The molecule has 1 aliphatic rings. The molecule has 0 atom stereocenters. The van der Waals surface area contributed by atoms with E-state index in [4.69, 9.17) is 4.74 Å². The van der Waals surface area contributed by atoms with Gasteiger partial charge in [-0.2, -0.15) is 0 Å². The molecule has 0 bridgehead atoms. The van der Waals surface area contributed by atoms with E-state index in [1.165, 1.54) is 6.42 Å². The summed E-state index contributed by atoms with van der Waals surface area (Å²) in [4.78, 5) is 30.6. The molecule has 0 saturated heterocycles. The van der Waals surface area contributed by atoms with Crippen molar-refractivity contribution >= 4 is 17.6 Å². The molecule has 0 aliphatic heterocycles. The number of hydrogen-bond donors (Lipinski definition) is 1. The molecule has 1 fully saturated rings. The van der Waals surface area contributed by atoms with E-state index in [0.29, 0.717) is 30.4 Å². The second-order valence-electron chi connectivity index (χ2n) is 9.33. The van der Waals surface area contributed by atoms with Crippen LogP contribution >= 0.6 is 0 Å². The Balaban J connectivity index is 1.79. The van der Waals surface area contributed by atoms with Gasteiger partial charge < -0.3 is 24.4 Å². The molecule has 1 N–H and O–H groups in total. The Kier molecular flexibility index (Phi) is 8.80. The van der Waals surface area contributed by atoms with Crippen LogP contribution in [-0.2, 0) is 18.4 Å². The van der Waals surface area contributed by atoms with Crippen molar-refractivity contribution in [2.45, 2.75) is 58.5 Å². The monoisotopic (exact) mass is 454 g/mol. The minimum Gasteiger partial charge on any atom is -0.495 e. The molecule has 180 valence electrons. The average Bonchev–Trinajstić information content (AvgIpc) is 3.21. The summed E-state index contributed by atoms with van der Waals surface area (Å²) in [6, 6.07) is 11.2. The number of benzene rings is 1. The first kappa shape index (κ1) is 24.7. The van der Waals surface area contributed by atoms with E-state index in [1.54, 1.807) is 12.0 Å². The van der Waals surface area contributed by atoms with Crippen molar-refractivity contribution in [3.05, 3.63) is 48.3 Å². The van der Waals surface area contributed by atoms with E-state index < -0.39 is 0 Å². The fourth-order valence-electron chi connectivity index (χ4n) is 4.49. The van der Waals surface area contributed by atoms with Gasteiger partial charge in [0.15, 0.2) is 0 Å². The number of para-hydroxylation sites is 2. The second kappa shape index (κ2) is 11.8. The third-order valence-electron chi connectivity index (χ3n) is 6.27. The van der Waals surface area contributed by atoms with Gasteiger partial charge in [-0.25, -0.2) is 4.79 Å². The fraction of sp³-hybridized carbons (Fsp3) is 0.538. The van der Waals surface area contributed by atoms with Gasteiger partial charge in [-0.15, -0.1) is 0 Å². The molecule has 0 spiro atoms. The molecule has 3 rings (SSSR count). The summed E-state index contributed by atoms with van der Waals surface area (Å²) in [5.41, 5.74) is 1.69. The molecule has 1 aromatic heterocycles. The van der Waals surface area contributed by atoms with Gasteiger partial charge in [0.2, 0.25) is 5.91 Å². The standard InChI is InChI=1S/C26H38N4O3/c1-20(2)17-29(18-22-13-10-16-28(22)3)25(31)19-30(21-11-6-5-7-12-21)26(32)27-23-14-8-9-15-24(23)33-4/h8-10,13-16,20-21H,5-7,11-12,17-19H2,1-4H3,(H,27,32). The summed E-state index contributed by atoms with van der Waals surface area (Å²) in [7, 11) is 3.57. The molecule has 0 radical (unpaired) electrons. The van der Waals surface area contributed by atoms with E-state index in [-0.39, 0.29) is 24.5 Å². The van der Waals surface area contributed by atoms with E-state index in [9.17, 15) is 9.59 Å². The highest BCUT2D eigenvalue weighted by Crippen LogP contribution is 2.27. The molecule has 1 saturated carbocycles. The maximum Gasteiger partial charge on any atom is 0.322 e. The molecular weight excluding hydrogens is 416 g/mol. The van der Waals surface area contributed by atoms with E-state index in [1.807, 2.05) is 59.1 Å². The number of nitrogens with zero attached hydrogens (tertiary/aromatic N) is 3. The minimum absolute atomic E-state index is 0.0225. The molecular formula is C26H38N4O3. The van der Waals surface area contributed by atoms with Crippen molar-refractivity contribution in [1.82, 2.24) is 14.4 Å². The topological polar surface area (TPSA) is 66.8 Å². The lowest BCUT2D eigenvalue weighted by Gasteiger charge is -2.36. The number of nitrogens with one attached hydrogen (secondary N) is 1. The minimum atomic E-state index is -0.247. The predicted octanol–water partition coefficient (Wildman–Crippen LogP) is 4.89. The Bertz CT molecular complexity index is 918. The molecule has 0 unspecified atom stereocenters. The van der Waals surface area contributed by atoms with Crippen molar-refractivity contribution in [1.29, 1.82) is 0 Å². The number of amides is 3. The third-order valence-corrected chi connectivity index (χ3v) is 6.27. The van der Waals surface area contributed by atoms with Gasteiger partial charge in [0.05, 0.1) is 19.3 Å². The molecule has 33 heavy (non-hydrogen) atoms. The SMILES string of the molecule is COc1ccccc1NC(=O)N(CC(=O)N(Cc1cccn1C)CC(C)C)C1CCCCC1. The lowest BCUT2D eigenvalue weighted by molar-refractivity contribution is -0.133. The Morgan fingerprint density at radius 3 is 2.48 bits per heavy atom. The van der Waals surface area contributed by atoms with Crippen LogP contribution in [0.3, 0.4) is 0 Å². The highest BCUT2D eigenvalue weighted by molar-refractivity contribution is 5.93. The number of carbonyl (C=O) groups is 2. The van der Waals surface area contributed by atoms with Gasteiger partial charge in [0, 0.05) is 31.5 Å². The van der Waals surface area contributed by atoms with E-state index >= 15 is 0 Å². The number of carbonyl (C=O) groups excluding carboxylic acids is 2. The largest absolute Gasteiger partial charge is 0.495 e. The zero-order chi connectivity index (χ0) is 23.8. The van der Waals surface area contributed by atoms with Crippen LogP contribution in [0, 0.1) is 5.92 Å². The molecule has 7 nitrogen and oxygen atoms in total. The Morgan fingerprint density at radius 2 is 1.85 bits per heavy atom. The summed E-state index contributed by atoms with van der Waals surface area (Å²) >= 11 is 0. The Hall–Kier alpha value is -2.96. The maximum atomic E-state index is 13.5. The van der Waals surface area contributed by atoms with Crippen molar-refractivity contribution in [2.24, 2.45) is 13.0 Å². The molecule has 7 heteroatoms. The summed E-state index contributed by atoms with van der Waals surface area (Å²) in [6.07, 6.45) is 7.18. The van der Waals surface area contributed by atoms with Crippen LogP contribution in [0.25, 0.3) is 0 Å². The zero-order valence-electron chi connectivity index (χ0n) is 20.4. The normalized spacial score (nSPS) is 14.2. The Labute approximate surface area is 197 Å². The first-order valence-corrected chi connectivity index (χ1v) is 12.0. The van der Waals surface area contributed by atoms with Gasteiger partial charge in [0.1, 0.15) is 12.3 Å². The number of rotatable bonds is 9. The number of hydrogen-bond acceptors (Lipinski definition) is 3. The summed E-state index contributed by atoms with van der Waals surface area (Å²) in [5.74, 6) is 0.913. The zero-order valence-corrected chi connectivity index (χ0v) is 20.4. The fourth-order valence-corrected chi connectivity index (χ4v) is 4.49. The van der Waals surface area contributed by atoms with Crippen molar-refractivity contribution in [3.63, 3.8) is 0 Å². The van der Waals surface area contributed by atoms with Crippen LogP contribution in [-0.4, -0.2) is 52.5 Å². The number of urea groups is 1. The van der Waals surface area contributed by atoms with Gasteiger partial charge >= 0.3 is 6.03 Å². The summed E-state index contributed by atoms with van der Waals surface area (Å²) in [6.45, 7) is 5.48. The highest BCUT2D eigenvalue weighted by atomic mass is 16.5.